The van der Waals surface area contributed by atoms with E-state index >= 15 is 0 Å². The van der Waals surface area contributed by atoms with Gasteiger partial charge in [0.1, 0.15) is 6.10 Å². The average molecular weight is 329 g/mol. The number of carbonyl (C=O) groups excluding carboxylic acids is 1. The van der Waals surface area contributed by atoms with Crippen LogP contribution in [0.2, 0.25) is 0 Å². The molecule has 128 valence electrons. The number of amides is 1. The normalized spacial score (nSPS) is 22.4. The van der Waals surface area contributed by atoms with E-state index in [-0.39, 0.29) is 17.8 Å². The average Bonchev–Trinajstić information content (AvgIpc) is 3.33. The fourth-order valence-corrected chi connectivity index (χ4v) is 3.62. The van der Waals surface area contributed by atoms with Crippen molar-refractivity contribution >= 4 is 16.9 Å². The van der Waals surface area contributed by atoms with E-state index in [1.807, 2.05) is 28.8 Å². The van der Waals surface area contributed by atoms with E-state index in [9.17, 15) is 4.79 Å². The van der Waals surface area contributed by atoms with Gasteiger partial charge in [0.2, 0.25) is 5.91 Å². The molecule has 6 heteroatoms. The fraction of sp³-hybridized carbons (Fsp3) is 0.556. The molecule has 1 spiro atoms. The van der Waals surface area contributed by atoms with Crippen LogP contribution in [0.4, 0.5) is 0 Å². The summed E-state index contributed by atoms with van der Waals surface area (Å²) in [6, 6.07) is 7.94. The zero-order chi connectivity index (χ0) is 16.4. The second-order valence-corrected chi connectivity index (χ2v) is 6.65. The molecule has 1 aromatic heterocycles. The lowest BCUT2D eigenvalue weighted by atomic mass is 10.2. The first-order valence-corrected chi connectivity index (χ1v) is 8.72. The molecule has 1 N–H and O–H groups in total. The second-order valence-electron chi connectivity index (χ2n) is 6.65. The highest BCUT2D eigenvalue weighted by Crippen LogP contribution is 2.38. The number of benzene rings is 1. The van der Waals surface area contributed by atoms with Crippen molar-refractivity contribution in [3.05, 3.63) is 30.6 Å². The Morgan fingerprint density at radius 2 is 2.17 bits per heavy atom. The molecule has 0 bridgehead atoms. The first-order valence-electron chi connectivity index (χ1n) is 8.72. The zero-order valence-corrected chi connectivity index (χ0v) is 13.7. The van der Waals surface area contributed by atoms with E-state index in [1.54, 1.807) is 6.33 Å². The maximum absolute atomic E-state index is 12.1. The van der Waals surface area contributed by atoms with Crippen molar-refractivity contribution in [2.45, 2.75) is 50.5 Å². The molecule has 2 heterocycles. The lowest BCUT2D eigenvalue weighted by molar-refractivity contribution is -0.161. The van der Waals surface area contributed by atoms with Crippen molar-refractivity contribution < 1.29 is 14.3 Å². The highest BCUT2D eigenvalue weighted by molar-refractivity contribution is 5.77. The van der Waals surface area contributed by atoms with Gasteiger partial charge in [0.05, 0.1) is 24.0 Å². The molecule has 2 fully saturated rings. The van der Waals surface area contributed by atoms with Gasteiger partial charge in [0, 0.05) is 32.4 Å². The van der Waals surface area contributed by atoms with Crippen molar-refractivity contribution in [2.75, 3.05) is 13.2 Å². The van der Waals surface area contributed by atoms with E-state index in [0.717, 1.165) is 36.7 Å². The Morgan fingerprint density at radius 3 is 3.04 bits per heavy atom. The predicted octanol–water partition coefficient (Wildman–Crippen LogP) is 2.23. The third kappa shape index (κ3) is 3.16. The van der Waals surface area contributed by atoms with Gasteiger partial charge in [0.25, 0.3) is 0 Å². The summed E-state index contributed by atoms with van der Waals surface area (Å²) in [6.45, 7) is 1.72. The molecular formula is C18H23N3O3. The quantitative estimate of drug-likeness (QED) is 0.913. The van der Waals surface area contributed by atoms with Crippen molar-refractivity contribution in [2.24, 2.45) is 0 Å². The predicted molar refractivity (Wildman–Crippen MR) is 89.4 cm³/mol. The monoisotopic (exact) mass is 329 g/mol. The van der Waals surface area contributed by atoms with E-state index in [1.165, 1.54) is 0 Å². The Bertz CT molecular complexity index is 721. The van der Waals surface area contributed by atoms with Crippen LogP contribution in [0.1, 0.15) is 32.1 Å². The number of aryl methyl sites for hydroxylation is 1. The maximum Gasteiger partial charge on any atom is 0.221 e. The summed E-state index contributed by atoms with van der Waals surface area (Å²) >= 11 is 0. The molecular weight excluding hydrogens is 306 g/mol. The maximum atomic E-state index is 12.1. The number of carbonyl (C=O) groups is 1. The largest absolute Gasteiger partial charge is 0.353 e. The Balaban J connectivity index is 1.24. The zero-order valence-electron chi connectivity index (χ0n) is 13.7. The van der Waals surface area contributed by atoms with Crippen molar-refractivity contribution in [3.8, 4) is 0 Å². The van der Waals surface area contributed by atoms with Gasteiger partial charge in [-0.1, -0.05) is 12.1 Å². The Labute approximate surface area is 141 Å². The molecule has 2 aromatic rings. The number of aromatic nitrogens is 2. The molecule has 1 aromatic carbocycles. The van der Waals surface area contributed by atoms with Gasteiger partial charge in [-0.3, -0.25) is 4.79 Å². The van der Waals surface area contributed by atoms with E-state index < -0.39 is 0 Å². The van der Waals surface area contributed by atoms with Crippen LogP contribution in [0.15, 0.2) is 30.6 Å². The summed E-state index contributed by atoms with van der Waals surface area (Å²) in [5, 5.41) is 2.96. The number of hydrogen-bond acceptors (Lipinski definition) is 4. The van der Waals surface area contributed by atoms with Crippen LogP contribution < -0.4 is 5.32 Å². The number of imidazole rings is 1. The number of nitrogens with one attached hydrogen (secondary N) is 1. The van der Waals surface area contributed by atoms with Crippen LogP contribution in [0.5, 0.6) is 0 Å². The summed E-state index contributed by atoms with van der Waals surface area (Å²) in [5.41, 5.74) is 2.01. The summed E-state index contributed by atoms with van der Waals surface area (Å²) < 4.78 is 13.9. The second kappa shape index (κ2) is 6.53. The highest BCUT2D eigenvalue weighted by Gasteiger charge is 2.43. The van der Waals surface area contributed by atoms with Gasteiger partial charge in [-0.2, -0.15) is 0 Å². The van der Waals surface area contributed by atoms with Crippen LogP contribution in [0.3, 0.4) is 0 Å². The third-order valence-corrected chi connectivity index (χ3v) is 4.91. The number of hydrogen-bond donors (Lipinski definition) is 1. The van der Waals surface area contributed by atoms with E-state index in [2.05, 4.69) is 10.3 Å². The van der Waals surface area contributed by atoms with Crippen LogP contribution in [-0.2, 0) is 20.8 Å². The topological polar surface area (TPSA) is 65.4 Å². The smallest absolute Gasteiger partial charge is 0.221 e. The van der Waals surface area contributed by atoms with Crippen LogP contribution in [0.25, 0.3) is 11.0 Å². The molecule has 1 aliphatic heterocycles. The molecule has 1 amide bonds. The molecule has 4 rings (SSSR count). The van der Waals surface area contributed by atoms with Gasteiger partial charge in [-0.15, -0.1) is 0 Å². The molecule has 6 nitrogen and oxygen atoms in total. The minimum atomic E-state index is -0.356. The summed E-state index contributed by atoms with van der Waals surface area (Å²) in [6.07, 6.45) is 6.47. The number of nitrogens with zero attached hydrogens (tertiary/aromatic N) is 2. The SMILES string of the molecule is O=C(CCn1cnc2ccccc21)NC[C@@H]1COC2(CCCC2)O1. The van der Waals surface area contributed by atoms with Crippen LogP contribution >= 0.6 is 0 Å². The van der Waals surface area contributed by atoms with E-state index in [0.29, 0.717) is 26.1 Å². The number of ether oxygens (including phenoxy) is 2. The van der Waals surface area contributed by atoms with Crippen LogP contribution in [-0.4, -0.2) is 40.5 Å². The molecule has 0 unspecified atom stereocenters. The summed E-state index contributed by atoms with van der Waals surface area (Å²) in [7, 11) is 0. The Morgan fingerprint density at radius 1 is 1.33 bits per heavy atom. The molecule has 1 atom stereocenters. The molecule has 1 saturated carbocycles. The number of fused-ring (bicyclic) bond motifs is 1. The van der Waals surface area contributed by atoms with Crippen molar-refractivity contribution in [3.63, 3.8) is 0 Å². The molecule has 1 saturated heterocycles. The minimum Gasteiger partial charge on any atom is -0.353 e. The van der Waals surface area contributed by atoms with Gasteiger partial charge >= 0.3 is 0 Å². The molecule has 0 radical (unpaired) electrons. The Kier molecular flexibility index (Phi) is 4.24. The van der Waals surface area contributed by atoms with Gasteiger partial charge < -0.3 is 19.4 Å². The standard InChI is InChI=1S/C18H23N3O3/c22-17(7-10-21-13-20-15-5-1-2-6-16(15)21)19-11-14-12-23-18(24-14)8-3-4-9-18/h1-2,5-6,13-14H,3-4,7-12H2,(H,19,22)/t14-/m1/s1. The van der Waals surface area contributed by atoms with Gasteiger partial charge in [-0.05, 0) is 25.0 Å². The molecule has 24 heavy (non-hydrogen) atoms. The molecule has 1 aliphatic carbocycles. The van der Waals surface area contributed by atoms with Gasteiger partial charge in [0.15, 0.2) is 5.79 Å². The minimum absolute atomic E-state index is 0.0267. The van der Waals surface area contributed by atoms with Crippen molar-refractivity contribution in [1.82, 2.24) is 14.9 Å². The lowest BCUT2D eigenvalue weighted by Crippen LogP contribution is -2.35. The van der Waals surface area contributed by atoms with Crippen LogP contribution in [0, 0.1) is 0 Å². The lowest BCUT2D eigenvalue weighted by Gasteiger charge is -2.21. The summed E-state index contributed by atoms with van der Waals surface area (Å²) in [5.74, 6) is -0.325. The first-order chi connectivity index (χ1) is 11.7. The molecule has 2 aliphatic rings. The van der Waals surface area contributed by atoms with Crippen molar-refractivity contribution in [1.29, 1.82) is 0 Å². The number of rotatable bonds is 5. The number of para-hydroxylation sites is 2. The highest BCUT2D eigenvalue weighted by atomic mass is 16.7. The fourth-order valence-electron chi connectivity index (χ4n) is 3.62. The Hall–Kier alpha value is -1.92. The van der Waals surface area contributed by atoms with E-state index in [4.69, 9.17) is 9.47 Å². The van der Waals surface area contributed by atoms with Gasteiger partial charge in [-0.25, -0.2) is 4.98 Å². The summed E-state index contributed by atoms with van der Waals surface area (Å²) in [4.78, 5) is 16.4. The first kappa shape index (κ1) is 15.6. The third-order valence-electron chi connectivity index (χ3n) is 4.91.